The molecule has 1 saturated heterocycles. The zero-order chi connectivity index (χ0) is 13.8. The van der Waals surface area contributed by atoms with Crippen molar-refractivity contribution in [1.82, 2.24) is 8.61 Å². The van der Waals surface area contributed by atoms with Crippen molar-refractivity contribution in [3.63, 3.8) is 0 Å². The molecule has 2 amide bonds. The van der Waals surface area contributed by atoms with Crippen LogP contribution in [0.3, 0.4) is 0 Å². The van der Waals surface area contributed by atoms with Crippen LogP contribution in [0.15, 0.2) is 70.5 Å². The molecule has 102 valence electrons. The second-order valence-electron chi connectivity index (χ2n) is 4.30. The largest absolute Gasteiger partial charge is 0.340 e. The van der Waals surface area contributed by atoms with Crippen LogP contribution in [0, 0.1) is 0 Å². The number of benzene rings is 2. The summed E-state index contributed by atoms with van der Waals surface area (Å²) in [4.78, 5) is 14.5. The van der Waals surface area contributed by atoms with Gasteiger partial charge < -0.3 is 0 Å². The van der Waals surface area contributed by atoms with Crippen molar-refractivity contribution in [2.75, 3.05) is 13.1 Å². The van der Waals surface area contributed by atoms with E-state index in [4.69, 9.17) is 0 Å². The van der Waals surface area contributed by atoms with E-state index in [0.717, 1.165) is 22.9 Å². The van der Waals surface area contributed by atoms with Crippen LogP contribution in [0.4, 0.5) is 4.79 Å². The van der Waals surface area contributed by atoms with E-state index < -0.39 is 0 Å². The van der Waals surface area contributed by atoms with Gasteiger partial charge in [-0.1, -0.05) is 36.4 Å². The highest BCUT2D eigenvalue weighted by Crippen LogP contribution is 2.32. The van der Waals surface area contributed by atoms with Crippen LogP contribution in [-0.2, 0) is 0 Å². The number of rotatable bonds is 4. The molecule has 0 N–H and O–H groups in total. The van der Waals surface area contributed by atoms with E-state index in [1.165, 1.54) is 23.9 Å². The Morgan fingerprint density at radius 3 is 1.50 bits per heavy atom. The van der Waals surface area contributed by atoms with Gasteiger partial charge in [0.25, 0.3) is 0 Å². The molecule has 20 heavy (non-hydrogen) atoms. The summed E-state index contributed by atoms with van der Waals surface area (Å²) in [6.45, 7) is 1.50. The topological polar surface area (TPSA) is 23.6 Å². The van der Waals surface area contributed by atoms with Gasteiger partial charge in [-0.2, -0.15) is 0 Å². The number of urea groups is 1. The van der Waals surface area contributed by atoms with E-state index in [9.17, 15) is 4.79 Å². The van der Waals surface area contributed by atoms with Crippen molar-refractivity contribution in [3.05, 3.63) is 60.7 Å². The average molecular weight is 302 g/mol. The second kappa shape index (κ2) is 6.24. The molecule has 1 aliphatic heterocycles. The van der Waals surface area contributed by atoms with Crippen LogP contribution in [0.1, 0.15) is 0 Å². The summed E-state index contributed by atoms with van der Waals surface area (Å²) in [5.41, 5.74) is 0. The molecule has 0 aromatic heterocycles. The lowest BCUT2D eigenvalue weighted by Crippen LogP contribution is -2.22. The number of nitrogens with zero attached hydrogens (tertiary/aromatic N) is 2. The molecule has 0 spiro atoms. The number of carbonyl (C=O) groups excluding carboxylic acids is 1. The van der Waals surface area contributed by atoms with Gasteiger partial charge >= 0.3 is 6.03 Å². The standard InChI is InChI=1S/C15H14N2OS2/c18-15-16(19-13-7-3-1-4-8-13)11-12-17(15)20-14-9-5-2-6-10-14/h1-10H,11-12H2. The maximum atomic E-state index is 12.3. The van der Waals surface area contributed by atoms with Crippen LogP contribution >= 0.6 is 23.9 Å². The monoisotopic (exact) mass is 302 g/mol. The molecule has 0 unspecified atom stereocenters. The van der Waals surface area contributed by atoms with Crippen LogP contribution in [-0.4, -0.2) is 27.7 Å². The van der Waals surface area contributed by atoms with Crippen LogP contribution in [0.2, 0.25) is 0 Å². The Balaban J connectivity index is 1.62. The Labute approximate surface area is 127 Å². The van der Waals surface area contributed by atoms with Crippen LogP contribution in [0.25, 0.3) is 0 Å². The first-order chi connectivity index (χ1) is 9.83. The number of hydrogen-bond acceptors (Lipinski definition) is 3. The summed E-state index contributed by atoms with van der Waals surface area (Å²) in [7, 11) is 0. The summed E-state index contributed by atoms with van der Waals surface area (Å²) < 4.78 is 3.62. The minimum Gasteiger partial charge on any atom is -0.261 e. The molecular formula is C15H14N2OS2. The Morgan fingerprint density at radius 2 is 1.10 bits per heavy atom. The van der Waals surface area contributed by atoms with E-state index in [1.54, 1.807) is 0 Å². The quantitative estimate of drug-likeness (QED) is 0.793. The van der Waals surface area contributed by atoms with Crippen molar-refractivity contribution in [2.24, 2.45) is 0 Å². The minimum absolute atomic E-state index is 0.0627. The molecule has 1 aliphatic rings. The maximum Gasteiger partial charge on any atom is 0.340 e. The normalized spacial score (nSPS) is 14.9. The van der Waals surface area contributed by atoms with E-state index in [1.807, 2.05) is 69.3 Å². The lowest BCUT2D eigenvalue weighted by Gasteiger charge is -2.16. The van der Waals surface area contributed by atoms with Gasteiger partial charge in [-0.15, -0.1) is 0 Å². The van der Waals surface area contributed by atoms with Crippen LogP contribution in [0.5, 0.6) is 0 Å². The van der Waals surface area contributed by atoms with Gasteiger partial charge in [0.15, 0.2) is 0 Å². The smallest absolute Gasteiger partial charge is 0.261 e. The third-order valence-corrected chi connectivity index (χ3v) is 4.93. The predicted molar refractivity (Wildman–Crippen MR) is 83.4 cm³/mol. The molecule has 0 radical (unpaired) electrons. The Hall–Kier alpha value is -1.59. The van der Waals surface area contributed by atoms with Gasteiger partial charge in [0, 0.05) is 9.79 Å². The Morgan fingerprint density at radius 1 is 0.700 bits per heavy atom. The molecule has 0 saturated carbocycles. The molecule has 5 heteroatoms. The summed E-state index contributed by atoms with van der Waals surface area (Å²) in [6, 6.07) is 20.0. The Kier molecular flexibility index (Phi) is 4.18. The molecular weight excluding hydrogens is 288 g/mol. The van der Waals surface area contributed by atoms with Gasteiger partial charge in [-0.25, -0.2) is 4.79 Å². The molecule has 0 aliphatic carbocycles. The van der Waals surface area contributed by atoms with Crippen molar-refractivity contribution in [1.29, 1.82) is 0 Å². The summed E-state index contributed by atoms with van der Waals surface area (Å²) >= 11 is 3.00. The van der Waals surface area contributed by atoms with E-state index in [0.29, 0.717) is 0 Å². The van der Waals surface area contributed by atoms with Crippen molar-refractivity contribution in [3.8, 4) is 0 Å². The third-order valence-electron chi connectivity index (χ3n) is 2.85. The lowest BCUT2D eigenvalue weighted by molar-refractivity contribution is 0.228. The fourth-order valence-corrected chi connectivity index (χ4v) is 3.70. The molecule has 3 nitrogen and oxygen atoms in total. The van der Waals surface area contributed by atoms with E-state index >= 15 is 0 Å². The second-order valence-corrected chi connectivity index (χ2v) is 6.48. The van der Waals surface area contributed by atoms with Crippen LogP contribution < -0.4 is 0 Å². The number of hydrogen-bond donors (Lipinski definition) is 0. The predicted octanol–water partition coefficient (Wildman–Crippen LogP) is 4.14. The first-order valence-electron chi connectivity index (χ1n) is 6.38. The van der Waals surface area contributed by atoms with E-state index in [2.05, 4.69) is 0 Å². The SMILES string of the molecule is O=C1N(Sc2ccccc2)CCN1Sc1ccccc1. The van der Waals surface area contributed by atoms with Gasteiger partial charge in [0.2, 0.25) is 0 Å². The minimum atomic E-state index is 0.0627. The number of amides is 2. The first-order valence-corrected chi connectivity index (χ1v) is 7.93. The highest BCUT2D eigenvalue weighted by Gasteiger charge is 2.30. The first kappa shape index (κ1) is 13.4. The summed E-state index contributed by atoms with van der Waals surface area (Å²) in [5, 5.41) is 0. The summed E-state index contributed by atoms with van der Waals surface area (Å²) in [5.74, 6) is 0. The van der Waals surface area contributed by atoms with Gasteiger partial charge in [-0.3, -0.25) is 8.61 Å². The highest BCUT2D eigenvalue weighted by molar-refractivity contribution is 7.99. The van der Waals surface area contributed by atoms with Crippen molar-refractivity contribution >= 4 is 29.9 Å². The lowest BCUT2D eigenvalue weighted by atomic mass is 10.4. The van der Waals surface area contributed by atoms with Gasteiger partial charge in [0.1, 0.15) is 0 Å². The molecule has 1 heterocycles. The maximum absolute atomic E-state index is 12.3. The molecule has 2 aromatic rings. The highest BCUT2D eigenvalue weighted by atomic mass is 32.2. The summed E-state index contributed by atoms with van der Waals surface area (Å²) in [6.07, 6.45) is 0. The number of carbonyl (C=O) groups is 1. The third kappa shape index (κ3) is 3.11. The van der Waals surface area contributed by atoms with Gasteiger partial charge in [-0.05, 0) is 48.2 Å². The van der Waals surface area contributed by atoms with Gasteiger partial charge in [0.05, 0.1) is 13.1 Å². The zero-order valence-corrected chi connectivity index (χ0v) is 12.4. The molecule has 0 atom stereocenters. The van der Waals surface area contributed by atoms with Crippen molar-refractivity contribution in [2.45, 2.75) is 9.79 Å². The molecule has 3 rings (SSSR count). The Bertz CT molecular complexity index is 525. The van der Waals surface area contributed by atoms with Crippen molar-refractivity contribution < 1.29 is 4.79 Å². The fourth-order valence-electron chi connectivity index (χ4n) is 1.88. The molecule has 1 fully saturated rings. The average Bonchev–Trinajstić information content (AvgIpc) is 2.83. The van der Waals surface area contributed by atoms with E-state index in [-0.39, 0.29) is 6.03 Å². The zero-order valence-electron chi connectivity index (χ0n) is 10.8. The molecule has 2 aromatic carbocycles. The molecule has 0 bridgehead atoms. The fraction of sp³-hybridized carbons (Fsp3) is 0.133.